The summed E-state index contributed by atoms with van der Waals surface area (Å²) in [6.07, 6.45) is 0. The van der Waals surface area contributed by atoms with E-state index in [9.17, 15) is 8.42 Å². The largest absolute Gasteiger partial charge is 0.486 e. The molecule has 3 rings (SSSR count). The van der Waals surface area contributed by atoms with Crippen molar-refractivity contribution in [2.24, 2.45) is 0 Å². The van der Waals surface area contributed by atoms with Crippen molar-refractivity contribution in [2.75, 3.05) is 17.9 Å². The van der Waals surface area contributed by atoms with E-state index >= 15 is 0 Å². The third-order valence-electron chi connectivity index (χ3n) is 3.25. The Morgan fingerprint density at radius 3 is 2.43 bits per heavy atom. The first-order valence-corrected chi connectivity index (χ1v) is 9.40. The van der Waals surface area contributed by atoms with Crippen molar-refractivity contribution < 1.29 is 17.9 Å². The first-order chi connectivity index (χ1) is 10.9. The Balaban J connectivity index is 1.97. The second kappa shape index (κ2) is 6.22. The van der Waals surface area contributed by atoms with E-state index in [1.807, 2.05) is 6.92 Å². The summed E-state index contributed by atoms with van der Waals surface area (Å²) in [5.41, 5.74) is 1.24. The Hall–Kier alpha value is -1.44. The fourth-order valence-electron chi connectivity index (χ4n) is 2.17. The van der Waals surface area contributed by atoms with E-state index in [1.54, 1.807) is 24.3 Å². The highest BCUT2D eigenvalue weighted by atomic mass is 79.9. The van der Waals surface area contributed by atoms with E-state index in [1.165, 1.54) is 6.07 Å². The molecule has 23 heavy (non-hydrogen) atoms. The van der Waals surface area contributed by atoms with Crippen LogP contribution in [0.4, 0.5) is 5.69 Å². The fourth-order valence-corrected chi connectivity index (χ4v) is 4.39. The van der Waals surface area contributed by atoms with Gasteiger partial charge in [0.05, 0.1) is 10.7 Å². The molecule has 0 radical (unpaired) electrons. The zero-order valence-corrected chi connectivity index (χ0v) is 15.3. The number of benzene rings is 2. The third-order valence-corrected chi connectivity index (χ3v) is 5.76. The summed E-state index contributed by atoms with van der Waals surface area (Å²) in [5.74, 6) is 1.06. The SMILES string of the molecule is Cc1ccc(S(=O)(=O)Nc2cc3c(cc2Br)OCCO3)c(Cl)c1. The van der Waals surface area contributed by atoms with Crippen LogP contribution in [0.15, 0.2) is 39.7 Å². The third kappa shape index (κ3) is 3.41. The van der Waals surface area contributed by atoms with E-state index < -0.39 is 10.0 Å². The standard InChI is InChI=1S/C15H13BrClNO4S/c1-9-2-3-15(11(17)6-9)23(19,20)18-12-8-14-13(7-10(12)16)21-4-5-22-14/h2-3,6-8,18H,4-5H2,1H3. The van der Waals surface area contributed by atoms with Crippen LogP contribution >= 0.6 is 27.5 Å². The van der Waals surface area contributed by atoms with Gasteiger partial charge in [-0.05, 0) is 40.5 Å². The van der Waals surface area contributed by atoms with E-state index in [4.69, 9.17) is 21.1 Å². The Labute approximate surface area is 147 Å². The van der Waals surface area contributed by atoms with Crippen LogP contribution in [0.1, 0.15) is 5.56 Å². The minimum Gasteiger partial charge on any atom is -0.486 e. The van der Waals surface area contributed by atoms with Gasteiger partial charge in [0, 0.05) is 16.6 Å². The highest BCUT2D eigenvalue weighted by Crippen LogP contribution is 2.39. The van der Waals surface area contributed by atoms with Crippen molar-refractivity contribution in [3.05, 3.63) is 45.4 Å². The average Bonchev–Trinajstić information content (AvgIpc) is 2.47. The van der Waals surface area contributed by atoms with Gasteiger partial charge in [-0.25, -0.2) is 8.42 Å². The molecule has 0 unspecified atom stereocenters. The number of nitrogens with one attached hydrogen (secondary N) is 1. The summed E-state index contributed by atoms with van der Waals surface area (Å²) < 4.78 is 39.1. The summed E-state index contributed by atoms with van der Waals surface area (Å²) in [7, 11) is -3.82. The molecule has 1 N–H and O–H groups in total. The summed E-state index contributed by atoms with van der Waals surface area (Å²) in [4.78, 5) is 0.0200. The van der Waals surface area contributed by atoms with Crippen LogP contribution in [0.25, 0.3) is 0 Å². The number of anilines is 1. The van der Waals surface area contributed by atoms with Gasteiger partial charge in [0.15, 0.2) is 11.5 Å². The van der Waals surface area contributed by atoms with Crippen molar-refractivity contribution in [1.29, 1.82) is 0 Å². The molecule has 2 aromatic rings. The van der Waals surface area contributed by atoms with E-state index in [0.29, 0.717) is 34.9 Å². The second-order valence-electron chi connectivity index (χ2n) is 5.02. The molecule has 2 aromatic carbocycles. The van der Waals surface area contributed by atoms with Gasteiger partial charge in [-0.3, -0.25) is 4.72 Å². The molecule has 0 saturated carbocycles. The summed E-state index contributed by atoms with van der Waals surface area (Å²) >= 11 is 9.40. The normalized spacial score (nSPS) is 13.7. The molecule has 0 aromatic heterocycles. The molecule has 0 spiro atoms. The van der Waals surface area contributed by atoms with Gasteiger partial charge in [-0.1, -0.05) is 17.7 Å². The molecule has 0 saturated heterocycles. The molecule has 1 aliphatic heterocycles. The molecule has 1 aliphatic rings. The van der Waals surface area contributed by atoms with Gasteiger partial charge in [0.1, 0.15) is 18.1 Å². The number of ether oxygens (including phenoxy) is 2. The Morgan fingerprint density at radius 1 is 1.13 bits per heavy atom. The maximum absolute atomic E-state index is 12.6. The van der Waals surface area contributed by atoms with Crippen molar-refractivity contribution in [2.45, 2.75) is 11.8 Å². The molecule has 0 fully saturated rings. The summed E-state index contributed by atoms with van der Waals surface area (Å²) in [6.45, 7) is 2.72. The Morgan fingerprint density at radius 2 is 1.78 bits per heavy atom. The molecule has 8 heteroatoms. The van der Waals surface area contributed by atoms with Crippen molar-refractivity contribution in [3.63, 3.8) is 0 Å². The monoisotopic (exact) mass is 417 g/mol. The molecule has 0 aliphatic carbocycles. The number of halogens is 2. The van der Waals surface area contributed by atoms with Crippen LogP contribution in [0.5, 0.6) is 11.5 Å². The Kier molecular flexibility index (Phi) is 4.44. The Bertz CT molecular complexity index is 870. The van der Waals surface area contributed by atoms with Gasteiger partial charge in [-0.2, -0.15) is 0 Å². The molecule has 0 bridgehead atoms. The first-order valence-electron chi connectivity index (χ1n) is 6.75. The number of hydrogen-bond acceptors (Lipinski definition) is 4. The van der Waals surface area contributed by atoms with Crippen LogP contribution in [0.3, 0.4) is 0 Å². The molecule has 122 valence electrons. The highest BCUT2D eigenvalue weighted by Gasteiger charge is 2.21. The zero-order chi connectivity index (χ0) is 16.6. The fraction of sp³-hybridized carbons (Fsp3) is 0.200. The number of sulfonamides is 1. The minimum absolute atomic E-state index is 0.0200. The minimum atomic E-state index is -3.82. The number of aryl methyl sites for hydroxylation is 1. The van der Waals surface area contributed by atoms with Crippen LogP contribution in [-0.4, -0.2) is 21.6 Å². The van der Waals surface area contributed by atoms with Crippen LogP contribution in [0, 0.1) is 6.92 Å². The summed E-state index contributed by atoms with van der Waals surface area (Å²) in [5, 5.41) is 0.172. The quantitative estimate of drug-likeness (QED) is 0.819. The van der Waals surface area contributed by atoms with Crippen LogP contribution in [-0.2, 0) is 10.0 Å². The lowest BCUT2D eigenvalue weighted by molar-refractivity contribution is 0.171. The molecular weight excluding hydrogens is 406 g/mol. The van der Waals surface area contributed by atoms with Crippen LogP contribution in [0.2, 0.25) is 5.02 Å². The molecule has 5 nitrogen and oxygen atoms in total. The lowest BCUT2D eigenvalue weighted by atomic mass is 10.2. The second-order valence-corrected chi connectivity index (χ2v) is 7.93. The van der Waals surface area contributed by atoms with Gasteiger partial charge in [0.2, 0.25) is 0 Å². The van der Waals surface area contributed by atoms with Crippen molar-refractivity contribution >= 4 is 43.2 Å². The molecule has 0 amide bonds. The highest BCUT2D eigenvalue weighted by molar-refractivity contribution is 9.10. The topological polar surface area (TPSA) is 64.6 Å². The lowest BCUT2D eigenvalue weighted by Crippen LogP contribution is -2.17. The van der Waals surface area contributed by atoms with Gasteiger partial charge in [-0.15, -0.1) is 0 Å². The van der Waals surface area contributed by atoms with Gasteiger partial charge >= 0.3 is 0 Å². The molecular formula is C15H13BrClNO4S. The number of fused-ring (bicyclic) bond motifs is 1. The van der Waals surface area contributed by atoms with Crippen molar-refractivity contribution in [3.8, 4) is 11.5 Å². The van der Waals surface area contributed by atoms with Crippen molar-refractivity contribution in [1.82, 2.24) is 0 Å². The number of hydrogen-bond donors (Lipinski definition) is 1. The molecule has 1 heterocycles. The van der Waals surface area contributed by atoms with Gasteiger partial charge in [0.25, 0.3) is 10.0 Å². The average molecular weight is 419 g/mol. The van der Waals surface area contributed by atoms with E-state index in [-0.39, 0.29) is 9.92 Å². The predicted molar refractivity (Wildman–Crippen MR) is 92.1 cm³/mol. The van der Waals surface area contributed by atoms with Gasteiger partial charge < -0.3 is 9.47 Å². The predicted octanol–water partition coefficient (Wildman–Crippen LogP) is 3.98. The maximum atomic E-state index is 12.6. The first kappa shape index (κ1) is 16.4. The number of rotatable bonds is 3. The van der Waals surface area contributed by atoms with E-state index in [2.05, 4.69) is 20.7 Å². The maximum Gasteiger partial charge on any atom is 0.263 e. The summed E-state index contributed by atoms with van der Waals surface area (Å²) in [6, 6.07) is 8.03. The van der Waals surface area contributed by atoms with Crippen LogP contribution < -0.4 is 14.2 Å². The zero-order valence-electron chi connectivity index (χ0n) is 12.1. The smallest absolute Gasteiger partial charge is 0.263 e. The lowest BCUT2D eigenvalue weighted by Gasteiger charge is -2.20. The van der Waals surface area contributed by atoms with E-state index in [0.717, 1.165) is 5.56 Å². The molecule has 0 atom stereocenters.